The first-order valence-electron chi connectivity index (χ1n) is 9.54. The summed E-state index contributed by atoms with van der Waals surface area (Å²) in [6, 6.07) is 17.9. The van der Waals surface area contributed by atoms with Crippen molar-refractivity contribution < 1.29 is 4.74 Å². The van der Waals surface area contributed by atoms with Crippen LogP contribution >= 0.6 is 0 Å². The van der Waals surface area contributed by atoms with E-state index >= 15 is 0 Å². The molecular weight excluding hydrogens is 332 g/mol. The number of pyridine rings is 2. The fourth-order valence-electron chi connectivity index (χ4n) is 2.37. The Bertz CT molecular complexity index is 714. The number of hydrogen-bond donors (Lipinski definition) is 0. The number of nitrogens with zero attached hydrogens (tertiary/aromatic N) is 2. The molecule has 2 heterocycles. The van der Waals surface area contributed by atoms with Crippen LogP contribution in [0.1, 0.15) is 43.7 Å². The maximum atomic E-state index is 5.74. The van der Waals surface area contributed by atoms with Crippen LogP contribution in [0.5, 0.6) is 5.75 Å². The molecule has 0 radical (unpaired) electrons. The summed E-state index contributed by atoms with van der Waals surface area (Å²) in [6.07, 6.45) is 16.2. The molecule has 0 atom stereocenters. The summed E-state index contributed by atoms with van der Waals surface area (Å²) in [4.78, 5) is 7.79. The van der Waals surface area contributed by atoms with Gasteiger partial charge in [0.05, 0.1) is 6.61 Å². The summed E-state index contributed by atoms with van der Waals surface area (Å²) < 4.78 is 5.74. The van der Waals surface area contributed by atoms with Crippen LogP contribution in [0, 0.1) is 0 Å². The van der Waals surface area contributed by atoms with Crippen LogP contribution in [-0.4, -0.2) is 16.6 Å². The van der Waals surface area contributed by atoms with Gasteiger partial charge in [-0.05, 0) is 53.9 Å². The normalized spacial score (nSPS) is 10.3. The fraction of sp³-hybridized carbons (Fsp3) is 0.250. The van der Waals surface area contributed by atoms with Crippen LogP contribution in [0.2, 0.25) is 0 Å². The van der Waals surface area contributed by atoms with E-state index in [-0.39, 0.29) is 0 Å². The van der Waals surface area contributed by atoms with Crippen molar-refractivity contribution in [2.24, 2.45) is 0 Å². The van der Waals surface area contributed by atoms with Gasteiger partial charge in [-0.1, -0.05) is 56.5 Å². The van der Waals surface area contributed by atoms with Crippen molar-refractivity contribution >= 4 is 12.2 Å². The Morgan fingerprint density at radius 2 is 1.33 bits per heavy atom. The van der Waals surface area contributed by atoms with Crippen molar-refractivity contribution in [2.45, 2.75) is 32.6 Å². The first kappa shape index (κ1) is 20.4. The summed E-state index contributed by atoms with van der Waals surface area (Å²) in [5, 5.41) is 0. The van der Waals surface area contributed by atoms with Gasteiger partial charge in [0.1, 0.15) is 5.75 Å². The van der Waals surface area contributed by atoms with Gasteiger partial charge in [0, 0.05) is 24.8 Å². The Morgan fingerprint density at radius 3 is 1.89 bits per heavy atom. The maximum Gasteiger partial charge on any atom is 0.119 e. The number of rotatable bonds is 8. The van der Waals surface area contributed by atoms with E-state index in [1.807, 2.05) is 42.5 Å². The van der Waals surface area contributed by atoms with Crippen LogP contribution in [0.25, 0.3) is 12.2 Å². The quantitative estimate of drug-likeness (QED) is 0.443. The predicted octanol–water partition coefficient (Wildman–Crippen LogP) is 6.29. The molecule has 3 rings (SSSR count). The fourth-order valence-corrected chi connectivity index (χ4v) is 2.37. The third-order valence-electron chi connectivity index (χ3n) is 3.89. The molecule has 0 N–H and O–H groups in total. The molecule has 1 aromatic carbocycles. The van der Waals surface area contributed by atoms with Crippen LogP contribution in [-0.2, 0) is 0 Å². The third kappa shape index (κ3) is 9.36. The van der Waals surface area contributed by atoms with E-state index in [4.69, 9.17) is 4.74 Å². The third-order valence-corrected chi connectivity index (χ3v) is 3.89. The molecule has 3 aromatic rings. The largest absolute Gasteiger partial charge is 0.494 e. The van der Waals surface area contributed by atoms with Gasteiger partial charge in [0.15, 0.2) is 0 Å². The topological polar surface area (TPSA) is 35.0 Å². The average molecular weight is 361 g/mol. The van der Waals surface area contributed by atoms with Crippen molar-refractivity contribution in [2.75, 3.05) is 6.61 Å². The van der Waals surface area contributed by atoms with Gasteiger partial charge in [-0.15, -0.1) is 0 Å². The van der Waals surface area contributed by atoms with E-state index in [0.29, 0.717) is 0 Å². The lowest BCUT2D eigenvalue weighted by molar-refractivity contribution is 0.305. The maximum absolute atomic E-state index is 5.74. The molecule has 2 aromatic heterocycles. The highest BCUT2D eigenvalue weighted by atomic mass is 16.5. The van der Waals surface area contributed by atoms with Gasteiger partial charge < -0.3 is 4.74 Å². The van der Waals surface area contributed by atoms with Crippen LogP contribution in [0.4, 0.5) is 0 Å². The van der Waals surface area contributed by atoms with Crippen molar-refractivity contribution in [1.82, 2.24) is 9.97 Å². The van der Waals surface area contributed by atoms with Gasteiger partial charge in [-0.2, -0.15) is 0 Å². The minimum absolute atomic E-state index is 0.812. The minimum Gasteiger partial charge on any atom is -0.494 e. The lowest BCUT2D eigenvalue weighted by Gasteiger charge is -2.06. The Hall–Kier alpha value is -2.94. The van der Waals surface area contributed by atoms with E-state index < -0.39 is 0 Å². The summed E-state index contributed by atoms with van der Waals surface area (Å²) >= 11 is 0. The van der Waals surface area contributed by atoms with E-state index in [1.165, 1.54) is 24.8 Å². The average Bonchev–Trinajstić information content (AvgIpc) is 2.75. The van der Waals surface area contributed by atoms with Gasteiger partial charge in [0.25, 0.3) is 0 Å². The highest BCUT2D eigenvalue weighted by Crippen LogP contribution is 2.15. The second kappa shape index (κ2) is 13.3. The molecule has 0 bridgehead atoms. The number of benzene rings is 1. The molecule has 3 heteroatoms. The Kier molecular flexibility index (Phi) is 10.0. The predicted molar refractivity (Wildman–Crippen MR) is 113 cm³/mol. The molecular formula is C24H28N2O. The second-order valence-corrected chi connectivity index (χ2v) is 6.12. The van der Waals surface area contributed by atoms with E-state index in [2.05, 4.69) is 41.2 Å². The molecule has 0 aliphatic heterocycles. The molecule has 3 nitrogen and oxygen atoms in total. The number of aromatic nitrogens is 2. The number of ether oxygens (including phenoxy) is 1. The SMILES string of the molecule is CCCCCCOc1ccc(C=Cc2ccncc2)cc1.c1ccncc1. The first-order chi connectivity index (χ1) is 13.4. The van der Waals surface area contributed by atoms with Gasteiger partial charge in [0.2, 0.25) is 0 Å². The van der Waals surface area contributed by atoms with Gasteiger partial charge >= 0.3 is 0 Å². The van der Waals surface area contributed by atoms with E-state index in [9.17, 15) is 0 Å². The summed E-state index contributed by atoms with van der Waals surface area (Å²) in [5.74, 6) is 0.951. The molecule has 0 aliphatic carbocycles. The zero-order valence-electron chi connectivity index (χ0n) is 16.0. The molecule has 0 fully saturated rings. The molecule has 0 spiro atoms. The Labute approximate surface area is 162 Å². The zero-order valence-corrected chi connectivity index (χ0v) is 16.0. The standard InChI is InChI=1S/C19H23NO.C5H5N/c1-2-3-4-5-16-21-19-10-8-17(9-11-19)6-7-18-12-14-20-15-13-18;1-2-4-6-5-3-1/h6-15H,2-5,16H2,1H3;1-5H. The van der Waals surface area contributed by atoms with Gasteiger partial charge in [-0.25, -0.2) is 0 Å². The van der Waals surface area contributed by atoms with Crippen LogP contribution in [0.15, 0.2) is 79.4 Å². The van der Waals surface area contributed by atoms with E-state index in [0.717, 1.165) is 24.3 Å². The lowest BCUT2D eigenvalue weighted by Crippen LogP contribution is -1.96. The van der Waals surface area contributed by atoms with E-state index in [1.54, 1.807) is 24.8 Å². The Morgan fingerprint density at radius 1 is 0.704 bits per heavy atom. The van der Waals surface area contributed by atoms with Gasteiger partial charge in [-0.3, -0.25) is 9.97 Å². The van der Waals surface area contributed by atoms with Crippen molar-refractivity contribution in [3.63, 3.8) is 0 Å². The zero-order chi connectivity index (χ0) is 19.0. The molecule has 0 unspecified atom stereocenters. The molecule has 0 saturated carbocycles. The second-order valence-electron chi connectivity index (χ2n) is 6.12. The van der Waals surface area contributed by atoms with Crippen LogP contribution in [0.3, 0.4) is 0 Å². The number of unbranched alkanes of at least 4 members (excludes halogenated alkanes) is 3. The summed E-state index contributed by atoms with van der Waals surface area (Å²) in [5.41, 5.74) is 2.33. The highest BCUT2D eigenvalue weighted by Gasteiger charge is 1.94. The molecule has 140 valence electrons. The highest BCUT2D eigenvalue weighted by molar-refractivity contribution is 5.69. The Balaban J connectivity index is 0.000000369. The first-order valence-corrected chi connectivity index (χ1v) is 9.54. The molecule has 27 heavy (non-hydrogen) atoms. The van der Waals surface area contributed by atoms with Crippen molar-refractivity contribution in [1.29, 1.82) is 0 Å². The van der Waals surface area contributed by atoms with Crippen LogP contribution < -0.4 is 4.74 Å². The monoisotopic (exact) mass is 360 g/mol. The summed E-state index contributed by atoms with van der Waals surface area (Å²) in [6.45, 7) is 3.03. The van der Waals surface area contributed by atoms with Crippen molar-refractivity contribution in [3.05, 3.63) is 90.5 Å². The molecule has 0 saturated heterocycles. The molecule has 0 amide bonds. The molecule has 0 aliphatic rings. The summed E-state index contributed by atoms with van der Waals surface area (Å²) in [7, 11) is 0. The lowest BCUT2D eigenvalue weighted by atomic mass is 10.1. The number of hydrogen-bond acceptors (Lipinski definition) is 3. The van der Waals surface area contributed by atoms with Crippen molar-refractivity contribution in [3.8, 4) is 5.75 Å². The smallest absolute Gasteiger partial charge is 0.119 e. The minimum atomic E-state index is 0.812.